The summed E-state index contributed by atoms with van der Waals surface area (Å²) in [5, 5.41) is 9.27. The molecule has 0 saturated carbocycles. The first-order chi connectivity index (χ1) is 9.78. The second-order valence-corrected chi connectivity index (χ2v) is 5.91. The van der Waals surface area contributed by atoms with Crippen LogP contribution in [0.4, 0.5) is 0 Å². The second-order valence-electron chi connectivity index (χ2n) is 5.91. The fourth-order valence-corrected chi connectivity index (χ4v) is 2.27. The molecular formula is C17H27NO3. The van der Waals surface area contributed by atoms with E-state index < -0.39 is 11.5 Å². The van der Waals surface area contributed by atoms with Crippen LogP contribution in [0.15, 0.2) is 18.2 Å². The number of carboxylic acids is 1. The maximum Gasteiger partial charge on any atom is 0.323 e. The second kappa shape index (κ2) is 7.46. The molecule has 0 atom stereocenters. The van der Waals surface area contributed by atoms with Crippen molar-refractivity contribution in [2.75, 3.05) is 19.7 Å². The lowest BCUT2D eigenvalue weighted by molar-refractivity contribution is -0.149. The van der Waals surface area contributed by atoms with Crippen LogP contribution in [-0.4, -0.2) is 41.2 Å². The summed E-state index contributed by atoms with van der Waals surface area (Å²) in [6, 6.07) is 6.15. The van der Waals surface area contributed by atoms with Gasteiger partial charge < -0.3 is 9.84 Å². The molecule has 0 bridgehead atoms. The molecule has 4 heteroatoms. The molecule has 1 rings (SSSR count). The van der Waals surface area contributed by atoms with E-state index in [1.807, 2.05) is 31.7 Å². The Morgan fingerprint density at radius 3 is 2.57 bits per heavy atom. The number of likely N-dealkylation sites (N-methyl/N-ethyl adjacent to an activating group) is 1. The number of hydrogen-bond donors (Lipinski definition) is 1. The van der Waals surface area contributed by atoms with Crippen molar-refractivity contribution in [3.63, 3.8) is 0 Å². The predicted octanol–water partition coefficient (Wildman–Crippen LogP) is 3.26. The summed E-state index contributed by atoms with van der Waals surface area (Å²) >= 11 is 0. The molecule has 0 saturated heterocycles. The summed E-state index contributed by atoms with van der Waals surface area (Å²) in [4.78, 5) is 13.2. The number of aryl methyl sites for hydroxylation is 2. The van der Waals surface area contributed by atoms with Gasteiger partial charge >= 0.3 is 5.97 Å². The number of nitrogens with zero attached hydrogens (tertiary/aromatic N) is 1. The third-order valence-electron chi connectivity index (χ3n) is 3.87. The van der Waals surface area contributed by atoms with Crippen LogP contribution < -0.4 is 4.74 Å². The lowest BCUT2D eigenvalue weighted by Gasteiger charge is -2.34. The highest BCUT2D eigenvalue weighted by Crippen LogP contribution is 2.20. The minimum absolute atomic E-state index is 0.594. The van der Waals surface area contributed by atoms with Crippen molar-refractivity contribution in [1.29, 1.82) is 0 Å². The molecule has 0 aliphatic heterocycles. The fourth-order valence-electron chi connectivity index (χ4n) is 2.27. The molecule has 118 valence electrons. The molecule has 0 aliphatic rings. The van der Waals surface area contributed by atoms with Gasteiger partial charge in [-0.15, -0.1) is 0 Å². The minimum atomic E-state index is -0.839. The Morgan fingerprint density at radius 2 is 2.00 bits per heavy atom. The van der Waals surface area contributed by atoms with E-state index in [0.29, 0.717) is 19.7 Å². The average Bonchev–Trinajstić information content (AvgIpc) is 2.42. The predicted molar refractivity (Wildman–Crippen MR) is 85.0 cm³/mol. The highest BCUT2D eigenvalue weighted by Gasteiger charge is 2.32. The monoisotopic (exact) mass is 293 g/mol. The van der Waals surface area contributed by atoms with E-state index in [0.717, 1.165) is 17.7 Å². The normalized spacial score (nSPS) is 11.7. The van der Waals surface area contributed by atoms with Gasteiger partial charge in [-0.2, -0.15) is 0 Å². The zero-order chi connectivity index (χ0) is 16.0. The van der Waals surface area contributed by atoms with Crippen molar-refractivity contribution in [3.8, 4) is 5.75 Å². The van der Waals surface area contributed by atoms with Crippen molar-refractivity contribution in [2.24, 2.45) is 0 Å². The smallest absolute Gasteiger partial charge is 0.323 e. The van der Waals surface area contributed by atoms with Crippen molar-refractivity contribution < 1.29 is 14.6 Å². The first kappa shape index (κ1) is 17.5. The van der Waals surface area contributed by atoms with Gasteiger partial charge in [0.2, 0.25) is 0 Å². The van der Waals surface area contributed by atoms with Gasteiger partial charge in [0, 0.05) is 6.54 Å². The Balaban J connectivity index is 2.49. The summed E-state index contributed by atoms with van der Waals surface area (Å²) in [5.74, 6) is 0.121. The van der Waals surface area contributed by atoms with Crippen LogP contribution in [0.3, 0.4) is 0 Å². The topological polar surface area (TPSA) is 49.8 Å². The zero-order valence-electron chi connectivity index (χ0n) is 13.8. The van der Waals surface area contributed by atoms with Crippen LogP contribution in [0, 0.1) is 13.8 Å². The lowest BCUT2D eigenvalue weighted by Crippen LogP contribution is -2.50. The van der Waals surface area contributed by atoms with Gasteiger partial charge in [-0.3, -0.25) is 9.69 Å². The van der Waals surface area contributed by atoms with E-state index in [1.165, 1.54) is 5.56 Å². The van der Waals surface area contributed by atoms with Crippen LogP contribution in [0.1, 0.15) is 38.3 Å². The summed E-state index contributed by atoms with van der Waals surface area (Å²) in [7, 11) is 0. The van der Waals surface area contributed by atoms with Gasteiger partial charge in [-0.1, -0.05) is 19.1 Å². The molecule has 1 aromatic carbocycles. The Hall–Kier alpha value is -1.55. The fraction of sp³-hybridized carbons (Fsp3) is 0.588. The number of rotatable bonds is 8. The summed E-state index contributed by atoms with van der Waals surface area (Å²) in [6.45, 7) is 11.5. The largest absolute Gasteiger partial charge is 0.493 e. The lowest BCUT2D eigenvalue weighted by atomic mass is 10.0. The Labute approximate surface area is 127 Å². The third-order valence-corrected chi connectivity index (χ3v) is 3.87. The summed E-state index contributed by atoms with van der Waals surface area (Å²) in [5.41, 5.74) is 1.46. The Morgan fingerprint density at radius 1 is 1.33 bits per heavy atom. The molecule has 0 radical (unpaired) electrons. The molecule has 1 N–H and O–H groups in total. The van der Waals surface area contributed by atoms with E-state index in [4.69, 9.17) is 4.74 Å². The molecule has 1 aromatic rings. The van der Waals surface area contributed by atoms with Gasteiger partial charge in [-0.05, 0) is 57.9 Å². The van der Waals surface area contributed by atoms with Crippen molar-refractivity contribution in [3.05, 3.63) is 29.3 Å². The first-order valence-electron chi connectivity index (χ1n) is 7.47. The molecule has 0 spiro atoms. The number of aliphatic carboxylic acids is 1. The van der Waals surface area contributed by atoms with E-state index in [9.17, 15) is 9.90 Å². The first-order valence-corrected chi connectivity index (χ1v) is 7.47. The minimum Gasteiger partial charge on any atom is -0.493 e. The van der Waals surface area contributed by atoms with Gasteiger partial charge in [0.1, 0.15) is 11.3 Å². The van der Waals surface area contributed by atoms with E-state index in [2.05, 4.69) is 12.1 Å². The maximum absolute atomic E-state index is 11.3. The van der Waals surface area contributed by atoms with Crippen LogP contribution in [0.25, 0.3) is 0 Å². The van der Waals surface area contributed by atoms with Gasteiger partial charge in [-0.25, -0.2) is 0 Å². The average molecular weight is 293 g/mol. The number of hydrogen-bond acceptors (Lipinski definition) is 3. The Bertz CT molecular complexity index is 483. The molecule has 0 aliphatic carbocycles. The van der Waals surface area contributed by atoms with Gasteiger partial charge in [0.05, 0.1) is 6.61 Å². The maximum atomic E-state index is 11.3. The van der Waals surface area contributed by atoms with Crippen LogP contribution in [0.5, 0.6) is 5.75 Å². The number of ether oxygens (including phenoxy) is 1. The van der Waals surface area contributed by atoms with E-state index >= 15 is 0 Å². The highest BCUT2D eigenvalue weighted by atomic mass is 16.5. The zero-order valence-corrected chi connectivity index (χ0v) is 13.8. The van der Waals surface area contributed by atoms with Gasteiger partial charge in [0.15, 0.2) is 0 Å². The van der Waals surface area contributed by atoms with Crippen LogP contribution >= 0.6 is 0 Å². The van der Waals surface area contributed by atoms with Crippen molar-refractivity contribution >= 4 is 5.97 Å². The molecular weight excluding hydrogens is 266 g/mol. The van der Waals surface area contributed by atoms with Crippen LogP contribution in [0.2, 0.25) is 0 Å². The van der Waals surface area contributed by atoms with E-state index in [1.54, 1.807) is 13.8 Å². The number of carbonyl (C=O) groups is 1. The van der Waals surface area contributed by atoms with E-state index in [-0.39, 0.29) is 0 Å². The quantitative estimate of drug-likeness (QED) is 0.747. The summed E-state index contributed by atoms with van der Waals surface area (Å²) < 4.78 is 5.81. The number of carboxylic acid groups (broad SMARTS) is 1. The molecule has 4 nitrogen and oxygen atoms in total. The van der Waals surface area contributed by atoms with Gasteiger partial charge in [0.25, 0.3) is 0 Å². The third kappa shape index (κ3) is 4.74. The standard InChI is InChI=1S/C17H27NO3/c1-6-18(17(4,5)16(19)20)10-7-11-21-15-12-13(2)8-9-14(15)3/h8-9,12H,6-7,10-11H2,1-5H3,(H,19,20). The molecule has 0 fully saturated rings. The molecule has 0 unspecified atom stereocenters. The summed E-state index contributed by atoms with van der Waals surface area (Å²) in [6.07, 6.45) is 0.804. The van der Waals surface area contributed by atoms with Crippen molar-refractivity contribution in [1.82, 2.24) is 4.90 Å². The van der Waals surface area contributed by atoms with Crippen LogP contribution in [-0.2, 0) is 4.79 Å². The molecule has 0 heterocycles. The molecule has 0 aromatic heterocycles. The SMILES string of the molecule is CCN(CCCOc1cc(C)ccc1C)C(C)(C)C(=O)O. The molecule has 0 amide bonds. The number of benzene rings is 1. The van der Waals surface area contributed by atoms with Crippen molar-refractivity contribution in [2.45, 2.75) is 46.6 Å². The highest BCUT2D eigenvalue weighted by molar-refractivity contribution is 5.77. The Kier molecular flexibility index (Phi) is 6.21. The molecule has 21 heavy (non-hydrogen) atoms.